The van der Waals surface area contributed by atoms with Gasteiger partial charge in [0.15, 0.2) is 11.5 Å². The predicted octanol–water partition coefficient (Wildman–Crippen LogP) is 4.29. The molecule has 0 fully saturated rings. The molecule has 0 amide bonds. The van der Waals surface area contributed by atoms with Gasteiger partial charge >= 0.3 is 5.97 Å². The number of benzene rings is 1. The van der Waals surface area contributed by atoms with Crippen molar-refractivity contribution in [1.82, 2.24) is 4.90 Å². The Balaban J connectivity index is 1.70. The summed E-state index contributed by atoms with van der Waals surface area (Å²) in [5, 5.41) is 2.09. The van der Waals surface area contributed by atoms with E-state index < -0.39 is 5.97 Å². The molecule has 3 aromatic rings. The number of ether oxygens (including phenoxy) is 3. The molecule has 1 aromatic carbocycles. The molecule has 0 bridgehead atoms. The van der Waals surface area contributed by atoms with Crippen LogP contribution in [0.5, 0.6) is 11.5 Å². The third kappa shape index (κ3) is 3.75. The Morgan fingerprint density at radius 1 is 1.17 bits per heavy atom. The summed E-state index contributed by atoms with van der Waals surface area (Å²) in [4.78, 5) is 15.3. The number of hydrogen-bond acceptors (Lipinski definition) is 7. The molecule has 0 saturated carbocycles. The van der Waals surface area contributed by atoms with E-state index in [0.29, 0.717) is 6.54 Å². The van der Waals surface area contributed by atoms with Gasteiger partial charge in [-0.2, -0.15) is 0 Å². The van der Waals surface area contributed by atoms with Crippen molar-refractivity contribution in [3.8, 4) is 11.5 Å². The maximum absolute atomic E-state index is 11.7. The highest BCUT2D eigenvalue weighted by Crippen LogP contribution is 2.42. The van der Waals surface area contributed by atoms with E-state index in [9.17, 15) is 4.79 Å². The van der Waals surface area contributed by atoms with E-state index in [2.05, 4.69) is 34.5 Å². The van der Waals surface area contributed by atoms with Crippen LogP contribution in [-0.4, -0.2) is 38.7 Å². The van der Waals surface area contributed by atoms with Crippen molar-refractivity contribution in [2.24, 2.45) is 0 Å². The SMILES string of the molecule is COC(=O)c1ccc(CN2CCc3cc(OC)c(OC)cc3C2c2cccs2)o1. The van der Waals surface area contributed by atoms with Crippen LogP contribution >= 0.6 is 11.3 Å². The zero-order valence-corrected chi connectivity index (χ0v) is 17.5. The molecule has 152 valence electrons. The lowest BCUT2D eigenvalue weighted by Gasteiger charge is -2.36. The van der Waals surface area contributed by atoms with Gasteiger partial charge in [0.05, 0.1) is 33.9 Å². The van der Waals surface area contributed by atoms with Gasteiger partial charge in [0.25, 0.3) is 0 Å². The second-order valence-electron chi connectivity index (χ2n) is 6.80. The number of thiophene rings is 1. The molecule has 0 spiro atoms. The number of carbonyl (C=O) groups excluding carboxylic acids is 1. The first-order valence-corrected chi connectivity index (χ1v) is 10.2. The van der Waals surface area contributed by atoms with Crippen LogP contribution in [0, 0.1) is 0 Å². The van der Waals surface area contributed by atoms with Gasteiger partial charge in [0.2, 0.25) is 5.76 Å². The Bertz CT molecular complexity index is 995. The molecular formula is C22H23NO5S. The lowest BCUT2D eigenvalue weighted by atomic mass is 9.90. The molecule has 0 radical (unpaired) electrons. The van der Waals surface area contributed by atoms with Crippen molar-refractivity contribution in [3.63, 3.8) is 0 Å². The molecule has 0 saturated heterocycles. The smallest absolute Gasteiger partial charge is 0.373 e. The molecule has 29 heavy (non-hydrogen) atoms. The van der Waals surface area contributed by atoms with E-state index in [-0.39, 0.29) is 11.8 Å². The molecule has 7 heteroatoms. The summed E-state index contributed by atoms with van der Waals surface area (Å²) in [5.74, 6) is 1.96. The highest BCUT2D eigenvalue weighted by Gasteiger charge is 2.31. The second kappa shape index (κ2) is 8.31. The average molecular weight is 413 g/mol. The van der Waals surface area contributed by atoms with E-state index in [4.69, 9.17) is 18.6 Å². The maximum Gasteiger partial charge on any atom is 0.373 e. The summed E-state index contributed by atoms with van der Waals surface area (Å²) in [5.41, 5.74) is 2.46. The Hall–Kier alpha value is -2.77. The molecule has 4 rings (SSSR count). The fourth-order valence-corrected chi connectivity index (χ4v) is 4.70. The summed E-state index contributed by atoms with van der Waals surface area (Å²) >= 11 is 1.73. The van der Waals surface area contributed by atoms with E-state index in [1.54, 1.807) is 31.6 Å². The van der Waals surface area contributed by atoms with Crippen LogP contribution in [0.1, 0.15) is 38.4 Å². The fraction of sp³-hybridized carbons (Fsp3) is 0.318. The zero-order valence-electron chi connectivity index (χ0n) is 16.6. The third-order valence-electron chi connectivity index (χ3n) is 5.19. The van der Waals surface area contributed by atoms with Crippen LogP contribution in [-0.2, 0) is 17.7 Å². The standard InChI is InChI=1S/C22H23NO5S/c1-25-18-11-14-8-9-23(13-15-6-7-17(28-15)22(24)27-3)21(20-5-4-10-29-20)16(14)12-19(18)26-2/h4-7,10-12,21H,8-9,13H2,1-3H3. The molecule has 0 N–H and O–H groups in total. The van der Waals surface area contributed by atoms with Crippen LogP contribution in [0.2, 0.25) is 0 Å². The van der Waals surface area contributed by atoms with E-state index >= 15 is 0 Å². The first-order chi connectivity index (χ1) is 14.1. The number of methoxy groups -OCH3 is 3. The Labute approximate surface area is 173 Å². The van der Waals surface area contributed by atoms with Gasteiger partial charge < -0.3 is 18.6 Å². The van der Waals surface area contributed by atoms with Gasteiger partial charge in [0, 0.05) is 11.4 Å². The first-order valence-electron chi connectivity index (χ1n) is 9.34. The number of esters is 1. The number of fused-ring (bicyclic) bond motifs is 1. The lowest BCUT2D eigenvalue weighted by molar-refractivity contribution is 0.0560. The second-order valence-corrected chi connectivity index (χ2v) is 7.78. The van der Waals surface area contributed by atoms with E-state index in [0.717, 1.165) is 30.2 Å². The molecular weight excluding hydrogens is 390 g/mol. The van der Waals surface area contributed by atoms with Crippen LogP contribution < -0.4 is 9.47 Å². The van der Waals surface area contributed by atoms with E-state index in [1.807, 2.05) is 6.07 Å². The van der Waals surface area contributed by atoms with Crippen molar-refractivity contribution in [3.05, 3.63) is 69.3 Å². The summed E-state index contributed by atoms with van der Waals surface area (Å²) in [7, 11) is 4.66. The average Bonchev–Trinajstić information content (AvgIpc) is 3.44. The van der Waals surface area contributed by atoms with Crippen molar-refractivity contribution < 1.29 is 23.4 Å². The summed E-state index contributed by atoms with van der Waals surface area (Å²) in [6, 6.07) is 11.9. The largest absolute Gasteiger partial charge is 0.493 e. The maximum atomic E-state index is 11.7. The number of hydrogen-bond donors (Lipinski definition) is 0. The topological polar surface area (TPSA) is 61.1 Å². The van der Waals surface area contributed by atoms with Gasteiger partial charge in [-0.05, 0) is 53.3 Å². The molecule has 1 atom stereocenters. The van der Waals surface area contributed by atoms with Crippen LogP contribution in [0.4, 0.5) is 0 Å². The van der Waals surface area contributed by atoms with Crippen LogP contribution in [0.15, 0.2) is 46.2 Å². The van der Waals surface area contributed by atoms with Crippen molar-refractivity contribution in [1.29, 1.82) is 0 Å². The fourth-order valence-electron chi connectivity index (χ4n) is 3.82. The van der Waals surface area contributed by atoms with Crippen molar-refractivity contribution in [2.45, 2.75) is 19.0 Å². The number of carbonyl (C=O) groups is 1. The Kier molecular flexibility index (Phi) is 5.60. The van der Waals surface area contributed by atoms with Crippen LogP contribution in [0.25, 0.3) is 0 Å². The predicted molar refractivity (Wildman–Crippen MR) is 110 cm³/mol. The number of rotatable bonds is 6. The van der Waals surface area contributed by atoms with Crippen LogP contribution in [0.3, 0.4) is 0 Å². The highest BCUT2D eigenvalue weighted by molar-refractivity contribution is 7.10. The molecule has 3 heterocycles. The minimum absolute atomic E-state index is 0.0743. The Morgan fingerprint density at radius 2 is 1.97 bits per heavy atom. The molecule has 1 aliphatic rings. The highest BCUT2D eigenvalue weighted by atomic mass is 32.1. The summed E-state index contributed by atoms with van der Waals surface area (Å²) < 4.78 is 21.5. The zero-order chi connectivity index (χ0) is 20.4. The minimum atomic E-state index is -0.466. The minimum Gasteiger partial charge on any atom is -0.493 e. The van der Waals surface area contributed by atoms with Gasteiger partial charge in [0.1, 0.15) is 5.76 Å². The van der Waals surface area contributed by atoms with E-state index in [1.165, 1.54) is 23.1 Å². The normalized spacial score (nSPS) is 16.3. The van der Waals surface area contributed by atoms with Gasteiger partial charge in [-0.3, -0.25) is 4.90 Å². The van der Waals surface area contributed by atoms with Crippen molar-refractivity contribution in [2.75, 3.05) is 27.9 Å². The molecule has 1 unspecified atom stereocenters. The molecule has 2 aromatic heterocycles. The lowest BCUT2D eigenvalue weighted by Crippen LogP contribution is -2.35. The third-order valence-corrected chi connectivity index (χ3v) is 6.12. The monoisotopic (exact) mass is 413 g/mol. The quantitative estimate of drug-likeness (QED) is 0.562. The van der Waals surface area contributed by atoms with Crippen molar-refractivity contribution >= 4 is 17.3 Å². The van der Waals surface area contributed by atoms with Gasteiger partial charge in [-0.25, -0.2) is 4.79 Å². The Morgan fingerprint density at radius 3 is 2.66 bits per heavy atom. The first kappa shape index (κ1) is 19.5. The molecule has 6 nitrogen and oxygen atoms in total. The molecule has 0 aliphatic carbocycles. The van der Waals surface area contributed by atoms with Gasteiger partial charge in [-0.1, -0.05) is 6.07 Å². The summed E-state index contributed by atoms with van der Waals surface area (Å²) in [6.07, 6.45) is 0.891. The summed E-state index contributed by atoms with van der Waals surface area (Å²) in [6.45, 7) is 1.45. The number of furan rings is 1. The molecule has 1 aliphatic heterocycles. The number of nitrogens with zero attached hydrogens (tertiary/aromatic N) is 1. The van der Waals surface area contributed by atoms with Gasteiger partial charge in [-0.15, -0.1) is 11.3 Å².